The first-order valence-corrected chi connectivity index (χ1v) is 5.67. The highest BCUT2D eigenvalue weighted by Crippen LogP contribution is 2.14. The van der Waals surface area contributed by atoms with E-state index in [0.29, 0.717) is 13.2 Å². The maximum absolute atomic E-state index is 5.61. The zero-order valence-corrected chi connectivity index (χ0v) is 9.93. The minimum atomic E-state index is -0.0587. The van der Waals surface area contributed by atoms with Crippen molar-refractivity contribution in [2.24, 2.45) is 5.84 Å². The topological polar surface area (TPSA) is 126 Å². The van der Waals surface area contributed by atoms with Gasteiger partial charge in [-0.05, 0) is 0 Å². The molecule has 2 aromatic heterocycles. The first-order valence-electron chi connectivity index (χ1n) is 5.67. The van der Waals surface area contributed by atoms with Gasteiger partial charge in [0.05, 0.1) is 13.2 Å². The summed E-state index contributed by atoms with van der Waals surface area (Å²) in [6.07, 6.45) is 3.59. The summed E-state index contributed by atoms with van der Waals surface area (Å²) in [5.41, 5.74) is 2.36. The summed E-state index contributed by atoms with van der Waals surface area (Å²) >= 11 is 0. The molecule has 0 aliphatic carbocycles. The molecular weight excluding hydrogens is 252 g/mol. The molecule has 0 radical (unpaired) electrons. The maximum atomic E-state index is 5.61. The van der Waals surface area contributed by atoms with Crippen LogP contribution in [0.5, 0.6) is 6.01 Å². The number of ether oxygens (including phenoxy) is 2. The smallest absolute Gasteiger partial charge is 0.323 e. The Kier molecular flexibility index (Phi) is 3.16. The summed E-state index contributed by atoms with van der Waals surface area (Å²) < 4.78 is 12.2. The fourth-order valence-electron chi connectivity index (χ4n) is 1.63. The number of anilines is 1. The van der Waals surface area contributed by atoms with Gasteiger partial charge in [0.2, 0.25) is 5.95 Å². The zero-order valence-electron chi connectivity index (χ0n) is 9.93. The number of aromatic nitrogens is 6. The second-order valence-electron chi connectivity index (χ2n) is 3.83. The van der Waals surface area contributed by atoms with Crippen molar-refractivity contribution in [2.45, 2.75) is 12.5 Å². The summed E-state index contributed by atoms with van der Waals surface area (Å²) in [4.78, 5) is 16.1. The van der Waals surface area contributed by atoms with Gasteiger partial charge in [-0.15, -0.1) is 0 Å². The Morgan fingerprint density at radius 3 is 3.05 bits per heavy atom. The Labute approximate surface area is 108 Å². The Hall–Kier alpha value is -2.33. The minimum absolute atomic E-state index is 0.0587. The molecule has 100 valence electrons. The number of nitrogens with two attached hydrogens (primary N) is 1. The Balaban J connectivity index is 1.88. The van der Waals surface area contributed by atoms with Crippen LogP contribution in [0, 0.1) is 0 Å². The van der Waals surface area contributed by atoms with Crippen LogP contribution in [0.1, 0.15) is 6.42 Å². The number of nitrogens with zero attached hydrogens (tertiary/aromatic N) is 6. The van der Waals surface area contributed by atoms with Gasteiger partial charge in [-0.1, -0.05) is 0 Å². The molecule has 3 heterocycles. The summed E-state index contributed by atoms with van der Waals surface area (Å²) in [6.45, 7) is 1.20. The molecule has 1 fully saturated rings. The number of hydrogen-bond acceptors (Lipinski definition) is 9. The van der Waals surface area contributed by atoms with Crippen LogP contribution in [0.25, 0.3) is 5.95 Å². The molecule has 0 bridgehead atoms. The lowest BCUT2D eigenvalue weighted by atomic mass is 10.3. The molecule has 10 nitrogen and oxygen atoms in total. The quantitative estimate of drug-likeness (QED) is 0.522. The molecule has 1 atom stereocenters. The van der Waals surface area contributed by atoms with Gasteiger partial charge in [-0.25, -0.2) is 10.8 Å². The van der Waals surface area contributed by atoms with Crippen LogP contribution in [-0.2, 0) is 4.74 Å². The van der Waals surface area contributed by atoms with Crippen LogP contribution in [-0.4, -0.2) is 49.0 Å². The number of hydrazine groups is 1. The van der Waals surface area contributed by atoms with Crippen molar-refractivity contribution in [1.29, 1.82) is 0 Å². The van der Waals surface area contributed by atoms with Crippen LogP contribution < -0.4 is 16.0 Å². The van der Waals surface area contributed by atoms with E-state index in [1.807, 2.05) is 0 Å². The van der Waals surface area contributed by atoms with Gasteiger partial charge in [0.15, 0.2) is 0 Å². The summed E-state index contributed by atoms with van der Waals surface area (Å²) in [7, 11) is 0. The molecule has 10 heteroatoms. The van der Waals surface area contributed by atoms with E-state index >= 15 is 0 Å². The molecule has 19 heavy (non-hydrogen) atoms. The van der Waals surface area contributed by atoms with E-state index in [-0.39, 0.29) is 24.0 Å². The van der Waals surface area contributed by atoms with E-state index < -0.39 is 0 Å². The number of nitrogen functional groups attached to an aromatic ring is 1. The van der Waals surface area contributed by atoms with Crippen molar-refractivity contribution in [3.05, 3.63) is 12.7 Å². The molecule has 0 amide bonds. The largest absolute Gasteiger partial charge is 0.457 e. The van der Waals surface area contributed by atoms with Gasteiger partial charge in [0.25, 0.3) is 5.95 Å². The first kappa shape index (κ1) is 11.7. The Bertz CT molecular complexity index is 539. The second-order valence-corrected chi connectivity index (χ2v) is 3.83. The predicted octanol–water partition coefficient (Wildman–Crippen LogP) is -1.09. The highest BCUT2D eigenvalue weighted by Gasteiger charge is 2.19. The van der Waals surface area contributed by atoms with E-state index in [4.69, 9.17) is 15.3 Å². The van der Waals surface area contributed by atoms with Crippen LogP contribution in [0.3, 0.4) is 0 Å². The van der Waals surface area contributed by atoms with E-state index in [0.717, 1.165) is 6.42 Å². The van der Waals surface area contributed by atoms with E-state index in [1.54, 1.807) is 0 Å². The predicted molar refractivity (Wildman–Crippen MR) is 62.4 cm³/mol. The highest BCUT2D eigenvalue weighted by atomic mass is 16.6. The zero-order chi connectivity index (χ0) is 13.1. The highest BCUT2D eigenvalue weighted by molar-refractivity contribution is 5.28. The van der Waals surface area contributed by atoms with Gasteiger partial charge in [0, 0.05) is 6.42 Å². The van der Waals surface area contributed by atoms with Crippen molar-refractivity contribution < 1.29 is 9.47 Å². The third-order valence-electron chi connectivity index (χ3n) is 2.52. The van der Waals surface area contributed by atoms with E-state index in [9.17, 15) is 0 Å². The second kappa shape index (κ2) is 5.12. The molecular formula is C9H12N8O2. The molecule has 0 spiro atoms. The molecule has 1 aliphatic heterocycles. The van der Waals surface area contributed by atoms with Gasteiger partial charge in [-0.3, -0.25) is 5.43 Å². The van der Waals surface area contributed by atoms with Gasteiger partial charge in [0.1, 0.15) is 18.8 Å². The van der Waals surface area contributed by atoms with E-state index in [1.165, 1.54) is 17.3 Å². The number of rotatable bonds is 4. The fourth-order valence-corrected chi connectivity index (χ4v) is 1.63. The minimum Gasteiger partial charge on any atom is -0.457 e. The molecule has 3 rings (SSSR count). The van der Waals surface area contributed by atoms with E-state index in [2.05, 4.69) is 30.5 Å². The molecule has 2 aromatic rings. The molecule has 0 aromatic carbocycles. The van der Waals surface area contributed by atoms with Gasteiger partial charge >= 0.3 is 6.01 Å². The lowest BCUT2D eigenvalue weighted by molar-refractivity contribution is 0.134. The summed E-state index contributed by atoms with van der Waals surface area (Å²) in [5.74, 6) is 5.78. The fraction of sp³-hybridized carbons (Fsp3) is 0.444. The van der Waals surface area contributed by atoms with Crippen LogP contribution in [0.2, 0.25) is 0 Å². The van der Waals surface area contributed by atoms with Crippen molar-refractivity contribution in [1.82, 2.24) is 29.7 Å². The third-order valence-corrected chi connectivity index (χ3v) is 2.52. The lowest BCUT2D eigenvalue weighted by Crippen LogP contribution is -2.20. The first-order chi connectivity index (χ1) is 9.35. The molecule has 3 N–H and O–H groups in total. The van der Waals surface area contributed by atoms with Crippen molar-refractivity contribution in [3.63, 3.8) is 0 Å². The third kappa shape index (κ3) is 2.58. The van der Waals surface area contributed by atoms with Crippen LogP contribution in [0.15, 0.2) is 12.7 Å². The Morgan fingerprint density at radius 1 is 1.42 bits per heavy atom. The maximum Gasteiger partial charge on any atom is 0.323 e. The van der Waals surface area contributed by atoms with Crippen molar-refractivity contribution >= 4 is 5.95 Å². The van der Waals surface area contributed by atoms with Crippen LogP contribution in [0.4, 0.5) is 5.95 Å². The molecule has 1 aliphatic rings. The SMILES string of the molecule is NNc1nc(OC2CCOC2)nc(-n2cncn2)n1. The number of hydrogen-bond donors (Lipinski definition) is 2. The summed E-state index contributed by atoms with van der Waals surface area (Å²) in [5, 5.41) is 3.94. The van der Waals surface area contributed by atoms with Crippen molar-refractivity contribution in [2.75, 3.05) is 18.6 Å². The Morgan fingerprint density at radius 2 is 2.37 bits per heavy atom. The van der Waals surface area contributed by atoms with Crippen LogP contribution >= 0.6 is 0 Å². The van der Waals surface area contributed by atoms with Gasteiger partial charge in [-0.2, -0.15) is 24.7 Å². The normalized spacial score (nSPS) is 18.5. The lowest BCUT2D eigenvalue weighted by Gasteiger charge is -2.11. The average molecular weight is 264 g/mol. The molecule has 0 saturated carbocycles. The molecule has 1 unspecified atom stereocenters. The number of nitrogens with one attached hydrogen (secondary N) is 1. The average Bonchev–Trinajstić information content (AvgIpc) is 3.11. The van der Waals surface area contributed by atoms with Crippen molar-refractivity contribution in [3.8, 4) is 12.0 Å². The monoisotopic (exact) mass is 264 g/mol. The van der Waals surface area contributed by atoms with Gasteiger partial charge < -0.3 is 9.47 Å². The standard InChI is InChI=1S/C9H12N8O2/c10-16-7-13-8(17-5-11-4-12-17)15-9(14-7)19-6-1-2-18-3-6/h4-6H,1-3,10H2,(H,13,14,15,16). The summed E-state index contributed by atoms with van der Waals surface area (Å²) in [6, 6.07) is 0.170. The molecule has 1 saturated heterocycles.